The second-order valence-electron chi connectivity index (χ2n) is 5.98. The third-order valence-corrected chi connectivity index (χ3v) is 4.35. The highest BCUT2D eigenvalue weighted by Crippen LogP contribution is 2.21. The van der Waals surface area contributed by atoms with E-state index in [1.807, 2.05) is 0 Å². The van der Waals surface area contributed by atoms with E-state index >= 15 is 0 Å². The number of piperidine rings is 1. The maximum absolute atomic E-state index is 13.9. The zero-order valence-corrected chi connectivity index (χ0v) is 12.5. The van der Waals surface area contributed by atoms with E-state index < -0.39 is 0 Å². The zero-order valence-electron chi connectivity index (χ0n) is 12.5. The van der Waals surface area contributed by atoms with Gasteiger partial charge < -0.3 is 14.5 Å². The summed E-state index contributed by atoms with van der Waals surface area (Å²) in [7, 11) is 0. The molecule has 116 valence electrons. The summed E-state index contributed by atoms with van der Waals surface area (Å²) in [4.78, 5) is 8.43. The molecule has 0 aliphatic carbocycles. The van der Waals surface area contributed by atoms with Crippen molar-refractivity contribution in [3.63, 3.8) is 0 Å². The van der Waals surface area contributed by atoms with Crippen LogP contribution in [0.1, 0.15) is 25.7 Å². The van der Waals surface area contributed by atoms with Gasteiger partial charge in [0.25, 0.3) is 0 Å². The Labute approximate surface area is 125 Å². The van der Waals surface area contributed by atoms with E-state index in [2.05, 4.69) is 14.8 Å². The van der Waals surface area contributed by atoms with Gasteiger partial charge in [-0.1, -0.05) is 6.42 Å². The van der Waals surface area contributed by atoms with Crippen LogP contribution in [0.3, 0.4) is 0 Å². The van der Waals surface area contributed by atoms with Crippen LogP contribution in [0.15, 0.2) is 18.5 Å². The number of hydrogen-bond acceptors (Lipinski definition) is 4. The van der Waals surface area contributed by atoms with Crippen molar-refractivity contribution in [3.05, 3.63) is 24.3 Å². The van der Waals surface area contributed by atoms with Gasteiger partial charge in [0.05, 0.1) is 18.0 Å². The lowest BCUT2D eigenvalue weighted by atomic mass is 10.1. The zero-order chi connectivity index (χ0) is 14.5. The van der Waals surface area contributed by atoms with Gasteiger partial charge in [0.15, 0.2) is 5.82 Å². The second kappa shape index (κ2) is 7.18. The first kappa shape index (κ1) is 14.7. The van der Waals surface area contributed by atoms with Crippen molar-refractivity contribution in [2.45, 2.75) is 31.8 Å². The van der Waals surface area contributed by atoms with Gasteiger partial charge in [0.1, 0.15) is 0 Å². The highest BCUT2D eigenvalue weighted by Gasteiger charge is 2.23. The molecular weight excluding hydrogens is 269 g/mol. The highest BCUT2D eigenvalue weighted by molar-refractivity contribution is 5.46. The van der Waals surface area contributed by atoms with Gasteiger partial charge >= 0.3 is 0 Å². The standard InChI is InChI=1S/C16H24FN3O/c17-15-11-18-6-5-16(15)20-9-4-10-21-14(13-20)12-19-7-2-1-3-8-19/h5-6,11,14H,1-4,7-10,12-13H2. The highest BCUT2D eigenvalue weighted by atomic mass is 19.1. The molecule has 2 aliphatic rings. The molecule has 2 fully saturated rings. The first-order valence-corrected chi connectivity index (χ1v) is 8.01. The lowest BCUT2D eigenvalue weighted by Crippen LogP contribution is -2.42. The Bertz CT molecular complexity index is 451. The molecule has 0 spiro atoms. The Morgan fingerprint density at radius 2 is 2.05 bits per heavy atom. The molecule has 21 heavy (non-hydrogen) atoms. The molecule has 0 radical (unpaired) electrons. The summed E-state index contributed by atoms with van der Waals surface area (Å²) in [5, 5.41) is 0. The molecule has 2 aliphatic heterocycles. The number of likely N-dealkylation sites (tertiary alicyclic amines) is 1. The van der Waals surface area contributed by atoms with E-state index in [0.717, 1.165) is 32.7 Å². The van der Waals surface area contributed by atoms with E-state index in [1.54, 1.807) is 12.3 Å². The second-order valence-corrected chi connectivity index (χ2v) is 5.98. The minimum absolute atomic E-state index is 0.165. The SMILES string of the molecule is Fc1cnccc1N1CCCOC(CN2CCCCC2)C1. The van der Waals surface area contributed by atoms with Gasteiger partial charge in [-0.05, 0) is 38.4 Å². The average molecular weight is 293 g/mol. The Morgan fingerprint density at radius 3 is 2.86 bits per heavy atom. The van der Waals surface area contributed by atoms with E-state index in [-0.39, 0.29) is 11.9 Å². The molecule has 3 rings (SSSR count). The Hall–Kier alpha value is -1.20. The van der Waals surface area contributed by atoms with Crippen molar-refractivity contribution in [2.75, 3.05) is 44.2 Å². The average Bonchev–Trinajstić information content (AvgIpc) is 2.74. The number of hydrogen-bond donors (Lipinski definition) is 0. The summed E-state index contributed by atoms with van der Waals surface area (Å²) in [6.45, 7) is 5.67. The number of aromatic nitrogens is 1. The Balaban J connectivity index is 1.64. The Morgan fingerprint density at radius 1 is 1.19 bits per heavy atom. The van der Waals surface area contributed by atoms with Crippen LogP contribution in [0, 0.1) is 5.82 Å². The third-order valence-electron chi connectivity index (χ3n) is 4.35. The van der Waals surface area contributed by atoms with Gasteiger partial charge in [0.2, 0.25) is 0 Å². The van der Waals surface area contributed by atoms with E-state index in [0.29, 0.717) is 5.69 Å². The first-order valence-electron chi connectivity index (χ1n) is 8.01. The molecular formula is C16H24FN3O. The van der Waals surface area contributed by atoms with Crippen molar-refractivity contribution < 1.29 is 9.13 Å². The summed E-state index contributed by atoms with van der Waals surface area (Å²) in [5.41, 5.74) is 0.652. The van der Waals surface area contributed by atoms with Gasteiger partial charge in [-0.3, -0.25) is 4.98 Å². The number of anilines is 1. The van der Waals surface area contributed by atoms with Crippen molar-refractivity contribution in [1.29, 1.82) is 0 Å². The Kier molecular flexibility index (Phi) is 5.04. The maximum Gasteiger partial charge on any atom is 0.164 e. The largest absolute Gasteiger partial charge is 0.375 e. The fourth-order valence-corrected chi connectivity index (χ4v) is 3.28. The molecule has 1 atom stereocenters. The van der Waals surface area contributed by atoms with Crippen LogP contribution in [0.4, 0.5) is 10.1 Å². The van der Waals surface area contributed by atoms with Gasteiger partial charge in [-0.2, -0.15) is 0 Å². The lowest BCUT2D eigenvalue weighted by Gasteiger charge is -2.32. The molecule has 0 saturated carbocycles. The number of ether oxygens (including phenoxy) is 1. The fourth-order valence-electron chi connectivity index (χ4n) is 3.28. The van der Waals surface area contributed by atoms with Gasteiger partial charge in [-0.25, -0.2) is 4.39 Å². The van der Waals surface area contributed by atoms with Crippen LogP contribution in [0.2, 0.25) is 0 Å². The predicted octanol–water partition coefficient (Wildman–Crippen LogP) is 2.30. The third kappa shape index (κ3) is 3.92. The number of rotatable bonds is 3. The summed E-state index contributed by atoms with van der Waals surface area (Å²) < 4.78 is 19.9. The van der Waals surface area contributed by atoms with E-state index in [1.165, 1.54) is 38.5 Å². The molecule has 5 heteroatoms. The van der Waals surface area contributed by atoms with Crippen molar-refractivity contribution >= 4 is 5.69 Å². The molecule has 0 bridgehead atoms. The number of nitrogens with zero attached hydrogens (tertiary/aromatic N) is 3. The normalized spacial score (nSPS) is 24.8. The van der Waals surface area contributed by atoms with E-state index in [4.69, 9.17) is 4.74 Å². The fraction of sp³-hybridized carbons (Fsp3) is 0.688. The van der Waals surface area contributed by atoms with Crippen LogP contribution in [0.5, 0.6) is 0 Å². The van der Waals surface area contributed by atoms with E-state index in [9.17, 15) is 4.39 Å². The molecule has 0 amide bonds. The molecule has 0 N–H and O–H groups in total. The quantitative estimate of drug-likeness (QED) is 0.855. The minimum atomic E-state index is -0.240. The molecule has 0 aromatic carbocycles. The summed E-state index contributed by atoms with van der Waals surface area (Å²) >= 11 is 0. The molecule has 1 aromatic rings. The summed E-state index contributed by atoms with van der Waals surface area (Å²) in [6.07, 6.45) is 7.97. The topological polar surface area (TPSA) is 28.6 Å². The van der Waals surface area contributed by atoms with Gasteiger partial charge in [-0.15, -0.1) is 0 Å². The van der Waals surface area contributed by atoms with Crippen LogP contribution < -0.4 is 4.90 Å². The molecule has 2 saturated heterocycles. The minimum Gasteiger partial charge on any atom is -0.375 e. The number of pyridine rings is 1. The van der Waals surface area contributed by atoms with Gasteiger partial charge in [0, 0.05) is 32.4 Å². The van der Waals surface area contributed by atoms with Crippen molar-refractivity contribution in [1.82, 2.24) is 9.88 Å². The van der Waals surface area contributed by atoms with Crippen molar-refractivity contribution in [3.8, 4) is 0 Å². The monoisotopic (exact) mass is 293 g/mol. The molecule has 1 aromatic heterocycles. The van der Waals surface area contributed by atoms with Crippen LogP contribution >= 0.6 is 0 Å². The first-order chi connectivity index (χ1) is 10.3. The maximum atomic E-state index is 13.9. The summed E-state index contributed by atoms with van der Waals surface area (Å²) in [6, 6.07) is 1.76. The van der Waals surface area contributed by atoms with Crippen LogP contribution in [-0.4, -0.2) is 55.3 Å². The molecule has 4 nitrogen and oxygen atoms in total. The lowest BCUT2D eigenvalue weighted by molar-refractivity contribution is 0.0350. The molecule has 3 heterocycles. The van der Waals surface area contributed by atoms with Crippen LogP contribution in [0.25, 0.3) is 0 Å². The van der Waals surface area contributed by atoms with Crippen molar-refractivity contribution in [2.24, 2.45) is 0 Å². The summed E-state index contributed by atoms with van der Waals surface area (Å²) in [5.74, 6) is -0.240. The molecule has 1 unspecified atom stereocenters. The smallest absolute Gasteiger partial charge is 0.164 e. The van der Waals surface area contributed by atoms with Crippen LogP contribution in [-0.2, 0) is 4.74 Å². The number of halogens is 1. The predicted molar refractivity (Wildman–Crippen MR) is 81.1 cm³/mol.